The van der Waals surface area contributed by atoms with E-state index in [4.69, 9.17) is 5.84 Å². The van der Waals surface area contributed by atoms with Crippen LogP contribution in [0.2, 0.25) is 0 Å². The fourth-order valence-electron chi connectivity index (χ4n) is 2.96. The zero-order chi connectivity index (χ0) is 11.8. The molecule has 1 saturated heterocycles. The SMILES string of the molecule is NNc1ccnc(C(=O)N2CC3CCC2C3)c1. The van der Waals surface area contributed by atoms with Gasteiger partial charge in [0, 0.05) is 18.8 Å². The first-order valence-corrected chi connectivity index (χ1v) is 6.01. The number of hydrogen-bond acceptors (Lipinski definition) is 4. The lowest BCUT2D eigenvalue weighted by Crippen LogP contribution is -2.38. The molecule has 0 radical (unpaired) electrons. The Balaban J connectivity index is 1.81. The molecule has 2 fully saturated rings. The number of carbonyl (C=O) groups excluding carboxylic acids is 1. The summed E-state index contributed by atoms with van der Waals surface area (Å²) in [4.78, 5) is 18.4. The Bertz CT molecular complexity index is 448. The van der Waals surface area contributed by atoms with Crippen molar-refractivity contribution in [3.8, 4) is 0 Å². The van der Waals surface area contributed by atoms with Crippen LogP contribution in [0.5, 0.6) is 0 Å². The Labute approximate surface area is 100.0 Å². The monoisotopic (exact) mass is 232 g/mol. The van der Waals surface area contributed by atoms with Crippen molar-refractivity contribution in [2.45, 2.75) is 25.3 Å². The maximum Gasteiger partial charge on any atom is 0.272 e. The number of nitrogens with two attached hydrogens (primary N) is 1. The van der Waals surface area contributed by atoms with Crippen molar-refractivity contribution in [1.29, 1.82) is 0 Å². The Morgan fingerprint density at radius 3 is 3.06 bits per heavy atom. The molecular formula is C12H16N4O. The largest absolute Gasteiger partial charge is 0.334 e. The molecule has 17 heavy (non-hydrogen) atoms. The molecular weight excluding hydrogens is 216 g/mol. The number of hydrazine groups is 1. The number of pyridine rings is 1. The van der Waals surface area contributed by atoms with E-state index in [0.717, 1.165) is 13.0 Å². The van der Waals surface area contributed by atoms with Gasteiger partial charge in [-0.1, -0.05) is 0 Å². The first kappa shape index (κ1) is 10.5. The Morgan fingerprint density at radius 2 is 2.41 bits per heavy atom. The number of nitrogens with zero attached hydrogens (tertiary/aromatic N) is 2. The summed E-state index contributed by atoms with van der Waals surface area (Å²) in [6.45, 7) is 0.894. The quantitative estimate of drug-likeness (QED) is 0.589. The molecule has 90 valence electrons. The molecule has 5 heteroatoms. The summed E-state index contributed by atoms with van der Waals surface area (Å²) >= 11 is 0. The maximum absolute atomic E-state index is 12.3. The molecule has 0 aromatic carbocycles. The van der Waals surface area contributed by atoms with Gasteiger partial charge in [-0.05, 0) is 37.3 Å². The van der Waals surface area contributed by atoms with Crippen molar-refractivity contribution in [1.82, 2.24) is 9.88 Å². The summed E-state index contributed by atoms with van der Waals surface area (Å²) in [6.07, 6.45) is 5.19. The summed E-state index contributed by atoms with van der Waals surface area (Å²) in [5.74, 6) is 6.07. The van der Waals surface area contributed by atoms with E-state index in [2.05, 4.69) is 10.4 Å². The van der Waals surface area contributed by atoms with E-state index in [-0.39, 0.29) is 5.91 Å². The highest BCUT2D eigenvalue weighted by Crippen LogP contribution is 2.37. The van der Waals surface area contributed by atoms with Gasteiger partial charge in [0.05, 0.1) is 5.69 Å². The molecule has 0 spiro atoms. The van der Waals surface area contributed by atoms with E-state index >= 15 is 0 Å². The Hall–Kier alpha value is -1.62. The zero-order valence-electron chi connectivity index (χ0n) is 9.60. The first-order chi connectivity index (χ1) is 8.28. The van der Waals surface area contributed by atoms with Gasteiger partial charge in [-0.2, -0.15) is 0 Å². The molecule has 1 amide bonds. The molecule has 1 aliphatic carbocycles. The van der Waals surface area contributed by atoms with Gasteiger partial charge in [0.2, 0.25) is 0 Å². The van der Waals surface area contributed by atoms with E-state index < -0.39 is 0 Å². The van der Waals surface area contributed by atoms with E-state index in [9.17, 15) is 4.79 Å². The average Bonchev–Trinajstić information content (AvgIpc) is 3.00. The summed E-state index contributed by atoms with van der Waals surface area (Å²) in [6, 6.07) is 3.88. The van der Waals surface area contributed by atoms with Crippen molar-refractivity contribution >= 4 is 11.6 Å². The number of anilines is 1. The zero-order valence-corrected chi connectivity index (χ0v) is 9.60. The van der Waals surface area contributed by atoms with Gasteiger partial charge < -0.3 is 10.3 Å². The number of likely N-dealkylation sites (tertiary alicyclic amines) is 1. The van der Waals surface area contributed by atoms with Crippen LogP contribution in [0.1, 0.15) is 29.8 Å². The van der Waals surface area contributed by atoms with Gasteiger partial charge in [-0.3, -0.25) is 15.6 Å². The number of nitrogen functional groups attached to an aromatic ring is 1. The summed E-state index contributed by atoms with van der Waals surface area (Å²) in [5.41, 5.74) is 3.73. The molecule has 2 atom stereocenters. The van der Waals surface area contributed by atoms with Crippen LogP contribution in [0, 0.1) is 5.92 Å². The van der Waals surface area contributed by atoms with Gasteiger partial charge in [-0.15, -0.1) is 0 Å². The van der Waals surface area contributed by atoms with E-state index in [0.29, 0.717) is 23.3 Å². The van der Waals surface area contributed by atoms with Crippen molar-refractivity contribution < 1.29 is 4.79 Å². The van der Waals surface area contributed by atoms with Gasteiger partial charge in [0.15, 0.2) is 0 Å². The van der Waals surface area contributed by atoms with E-state index in [1.54, 1.807) is 18.3 Å². The van der Waals surface area contributed by atoms with Gasteiger partial charge in [-0.25, -0.2) is 0 Å². The Morgan fingerprint density at radius 1 is 1.53 bits per heavy atom. The van der Waals surface area contributed by atoms with Crippen molar-refractivity contribution in [3.05, 3.63) is 24.0 Å². The molecule has 5 nitrogen and oxygen atoms in total. The summed E-state index contributed by atoms with van der Waals surface area (Å²) in [5, 5.41) is 0. The predicted molar refractivity (Wildman–Crippen MR) is 64.2 cm³/mol. The predicted octanol–water partition coefficient (Wildman–Crippen LogP) is 0.992. The Kier molecular flexibility index (Phi) is 2.48. The maximum atomic E-state index is 12.3. The van der Waals surface area contributed by atoms with Crippen LogP contribution >= 0.6 is 0 Å². The lowest BCUT2D eigenvalue weighted by atomic mass is 10.1. The first-order valence-electron chi connectivity index (χ1n) is 6.01. The standard InChI is InChI=1S/C12H16N4O/c13-15-9-3-4-14-11(6-9)12(17)16-7-8-1-2-10(16)5-8/h3-4,6,8,10H,1-2,5,7,13H2,(H,14,15). The highest BCUT2D eigenvalue weighted by molar-refractivity contribution is 5.93. The van der Waals surface area contributed by atoms with Crippen LogP contribution in [0.4, 0.5) is 5.69 Å². The van der Waals surface area contributed by atoms with Crippen molar-refractivity contribution in [2.75, 3.05) is 12.0 Å². The summed E-state index contributed by atoms with van der Waals surface area (Å²) in [7, 11) is 0. The molecule has 2 heterocycles. The molecule has 3 N–H and O–H groups in total. The lowest BCUT2D eigenvalue weighted by molar-refractivity contribution is 0.0697. The smallest absolute Gasteiger partial charge is 0.272 e. The molecule has 1 saturated carbocycles. The van der Waals surface area contributed by atoms with Crippen LogP contribution in [-0.4, -0.2) is 28.4 Å². The molecule has 2 unspecified atom stereocenters. The number of hydrogen-bond donors (Lipinski definition) is 2. The van der Waals surface area contributed by atoms with E-state index in [1.807, 2.05) is 4.90 Å². The van der Waals surface area contributed by atoms with Crippen LogP contribution < -0.4 is 11.3 Å². The fraction of sp³-hybridized carbons (Fsp3) is 0.500. The third kappa shape index (κ3) is 1.76. The fourth-order valence-corrected chi connectivity index (χ4v) is 2.96. The minimum absolute atomic E-state index is 0.0364. The lowest BCUT2D eigenvalue weighted by Gasteiger charge is -2.26. The number of amides is 1. The number of nitrogens with one attached hydrogen (secondary N) is 1. The van der Waals surface area contributed by atoms with Crippen LogP contribution in [0.25, 0.3) is 0 Å². The second-order valence-corrected chi connectivity index (χ2v) is 4.86. The number of aromatic nitrogens is 1. The average molecular weight is 232 g/mol. The third-order valence-electron chi connectivity index (χ3n) is 3.82. The highest BCUT2D eigenvalue weighted by Gasteiger charge is 2.40. The molecule has 2 bridgehead atoms. The molecule has 3 rings (SSSR count). The van der Waals surface area contributed by atoms with Crippen LogP contribution in [0.3, 0.4) is 0 Å². The number of carbonyl (C=O) groups is 1. The van der Waals surface area contributed by atoms with Crippen molar-refractivity contribution in [2.24, 2.45) is 11.8 Å². The number of fused-ring (bicyclic) bond motifs is 2. The van der Waals surface area contributed by atoms with Gasteiger partial charge in [0.25, 0.3) is 5.91 Å². The molecule has 1 aromatic heterocycles. The van der Waals surface area contributed by atoms with Gasteiger partial charge >= 0.3 is 0 Å². The van der Waals surface area contributed by atoms with Crippen LogP contribution in [0.15, 0.2) is 18.3 Å². The van der Waals surface area contributed by atoms with Gasteiger partial charge in [0.1, 0.15) is 5.69 Å². The third-order valence-corrected chi connectivity index (χ3v) is 3.82. The minimum Gasteiger partial charge on any atom is -0.334 e. The van der Waals surface area contributed by atoms with Crippen molar-refractivity contribution in [3.63, 3.8) is 0 Å². The highest BCUT2D eigenvalue weighted by atomic mass is 16.2. The molecule has 2 aliphatic rings. The second-order valence-electron chi connectivity index (χ2n) is 4.86. The summed E-state index contributed by atoms with van der Waals surface area (Å²) < 4.78 is 0. The minimum atomic E-state index is 0.0364. The number of rotatable bonds is 2. The molecule has 1 aromatic rings. The second kappa shape index (κ2) is 4.00. The normalized spacial score (nSPS) is 26.3. The van der Waals surface area contributed by atoms with E-state index in [1.165, 1.54) is 12.8 Å². The molecule has 1 aliphatic heterocycles. The topological polar surface area (TPSA) is 71.2 Å². The van der Waals surface area contributed by atoms with Crippen LogP contribution in [-0.2, 0) is 0 Å². The number of piperidine rings is 1.